The van der Waals surface area contributed by atoms with Gasteiger partial charge < -0.3 is 36.9 Å². The third kappa shape index (κ3) is 7.38. The van der Waals surface area contributed by atoms with Gasteiger partial charge >= 0.3 is 5.97 Å². The number of carboxylic acids is 1. The number of nitrogens with one attached hydrogen (secondary N) is 4. The van der Waals surface area contributed by atoms with Gasteiger partial charge in [-0.15, -0.1) is 0 Å². The maximum Gasteiger partial charge on any atom is 0.326 e. The maximum atomic E-state index is 12.7. The number of benzene rings is 2. The fourth-order valence-electron chi connectivity index (χ4n) is 3.83. The number of rotatable bonds is 12. The Balaban J connectivity index is 1.55. The molecule has 0 aliphatic carbocycles. The van der Waals surface area contributed by atoms with Crippen molar-refractivity contribution in [3.63, 3.8) is 0 Å². The number of aromatic amines is 1. The standard InChI is InChI=1S/C26H31N5O6/c1-15(23(33)30-21(26(36)37)12-17-13-28-20-10-6-5-9-18(17)20)29-25(35)22(14-32)31-24(34)19(27)11-16-7-3-2-4-8-16/h2-10,13,15,19,21-22,28,32H,11-12,14,27H2,1H3,(H,29,35)(H,30,33)(H,31,34)(H,36,37). The molecule has 3 amide bonds. The first-order chi connectivity index (χ1) is 17.7. The molecule has 196 valence electrons. The molecule has 0 bridgehead atoms. The zero-order valence-corrected chi connectivity index (χ0v) is 20.3. The highest BCUT2D eigenvalue weighted by Crippen LogP contribution is 2.19. The molecule has 0 aliphatic rings. The van der Waals surface area contributed by atoms with Crippen LogP contribution in [-0.2, 0) is 32.0 Å². The van der Waals surface area contributed by atoms with Crippen molar-refractivity contribution < 1.29 is 29.4 Å². The number of aromatic nitrogens is 1. The number of aliphatic carboxylic acids is 1. The summed E-state index contributed by atoms with van der Waals surface area (Å²) in [4.78, 5) is 52.6. The van der Waals surface area contributed by atoms with E-state index in [1.54, 1.807) is 6.20 Å². The van der Waals surface area contributed by atoms with E-state index < -0.39 is 54.5 Å². The molecular weight excluding hydrogens is 478 g/mol. The predicted molar refractivity (Wildman–Crippen MR) is 136 cm³/mol. The molecule has 4 unspecified atom stereocenters. The SMILES string of the molecule is CC(NC(=O)C(CO)NC(=O)C(N)Cc1ccccc1)C(=O)NC(Cc1c[nH]c2ccccc12)C(=O)O. The first kappa shape index (κ1) is 27.4. The zero-order valence-electron chi connectivity index (χ0n) is 20.3. The van der Waals surface area contributed by atoms with Gasteiger partial charge in [-0.05, 0) is 30.5 Å². The fraction of sp³-hybridized carbons (Fsp3) is 0.308. The highest BCUT2D eigenvalue weighted by Gasteiger charge is 2.28. The Labute approximate surface area is 213 Å². The molecule has 0 spiro atoms. The second kappa shape index (κ2) is 12.7. The number of carbonyl (C=O) groups excluding carboxylic acids is 3. The van der Waals surface area contributed by atoms with Crippen LogP contribution in [0.15, 0.2) is 60.8 Å². The lowest BCUT2D eigenvalue weighted by molar-refractivity contribution is -0.142. The van der Waals surface area contributed by atoms with Gasteiger partial charge in [-0.3, -0.25) is 14.4 Å². The number of nitrogens with two attached hydrogens (primary N) is 1. The van der Waals surface area contributed by atoms with E-state index in [1.165, 1.54) is 6.92 Å². The van der Waals surface area contributed by atoms with Crippen molar-refractivity contribution in [2.75, 3.05) is 6.61 Å². The Bertz CT molecular complexity index is 1240. The number of carbonyl (C=O) groups is 4. The number of amides is 3. The number of carboxylic acid groups (broad SMARTS) is 1. The molecule has 4 atom stereocenters. The average Bonchev–Trinajstić information content (AvgIpc) is 3.29. The lowest BCUT2D eigenvalue weighted by atomic mass is 10.0. The van der Waals surface area contributed by atoms with E-state index in [4.69, 9.17) is 5.73 Å². The van der Waals surface area contributed by atoms with E-state index in [0.717, 1.165) is 22.0 Å². The van der Waals surface area contributed by atoms with Crippen molar-refractivity contribution >= 4 is 34.6 Å². The van der Waals surface area contributed by atoms with E-state index in [0.29, 0.717) is 0 Å². The van der Waals surface area contributed by atoms with Gasteiger partial charge in [0.15, 0.2) is 0 Å². The quantitative estimate of drug-likeness (QED) is 0.177. The molecule has 3 rings (SSSR count). The summed E-state index contributed by atoms with van der Waals surface area (Å²) in [5.74, 6) is -3.41. The molecule has 1 heterocycles. The molecule has 0 radical (unpaired) electrons. The minimum Gasteiger partial charge on any atom is -0.480 e. The van der Waals surface area contributed by atoms with Crippen molar-refractivity contribution in [3.8, 4) is 0 Å². The van der Waals surface area contributed by atoms with E-state index in [9.17, 15) is 29.4 Å². The van der Waals surface area contributed by atoms with Gasteiger partial charge in [0.25, 0.3) is 0 Å². The van der Waals surface area contributed by atoms with Crippen molar-refractivity contribution in [2.24, 2.45) is 5.73 Å². The fourth-order valence-corrected chi connectivity index (χ4v) is 3.83. The number of H-pyrrole nitrogens is 1. The monoisotopic (exact) mass is 509 g/mol. The number of hydrogen-bond acceptors (Lipinski definition) is 6. The minimum absolute atomic E-state index is 0.0282. The highest BCUT2D eigenvalue weighted by molar-refractivity contribution is 5.94. The summed E-state index contributed by atoms with van der Waals surface area (Å²) in [5, 5.41) is 27.3. The van der Waals surface area contributed by atoms with Crippen LogP contribution in [0, 0.1) is 0 Å². The van der Waals surface area contributed by atoms with Crippen LogP contribution in [-0.4, -0.2) is 69.7 Å². The van der Waals surface area contributed by atoms with E-state index in [2.05, 4.69) is 20.9 Å². The van der Waals surface area contributed by atoms with Crippen LogP contribution < -0.4 is 21.7 Å². The van der Waals surface area contributed by atoms with Crippen LogP contribution >= 0.6 is 0 Å². The summed E-state index contributed by atoms with van der Waals surface area (Å²) in [6, 6.07) is 11.8. The van der Waals surface area contributed by atoms with Gasteiger partial charge in [0.05, 0.1) is 12.6 Å². The summed E-state index contributed by atoms with van der Waals surface area (Å²) >= 11 is 0. The topological polar surface area (TPSA) is 187 Å². The molecule has 11 nitrogen and oxygen atoms in total. The Hall–Kier alpha value is -4.22. The van der Waals surface area contributed by atoms with Crippen LogP contribution in [0.2, 0.25) is 0 Å². The number of para-hydroxylation sites is 1. The molecular formula is C26H31N5O6. The molecule has 0 aliphatic heterocycles. The largest absolute Gasteiger partial charge is 0.480 e. The number of aliphatic hydroxyl groups excluding tert-OH is 1. The third-order valence-electron chi connectivity index (χ3n) is 5.92. The summed E-state index contributed by atoms with van der Waals surface area (Å²) < 4.78 is 0. The summed E-state index contributed by atoms with van der Waals surface area (Å²) in [6.45, 7) is 0.650. The third-order valence-corrected chi connectivity index (χ3v) is 5.92. The molecule has 0 fully saturated rings. The number of fused-ring (bicyclic) bond motifs is 1. The second-order valence-electron chi connectivity index (χ2n) is 8.73. The Kier molecular flexibility index (Phi) is 9.36. The Morgan fingerprint density at radius 2 is 1.51 bits per heavy atom. The van der Waals surface area contributed by atoms with Gasteiger partial charge in [-0.1, -0.05) is 48.5 Å². The molecule has 0 saturated carbocycles. The van der Waals surface area contributed by atoms with Gasteiger partial charge in [-0.25, -0.2) is 4.79 Å². The second-order valence-corrected chi connectivity index (χ2v) is 8.73. The first-order valence-electron chi connectivity index (χ1n) is 11.8. The zero-order chi connectivity index (χ0) is 26.9. The molecule has 0 saturated heterocycles. The maximum absolute atomic E-state index is 12.7. The molecule has 11 heteroatoms. The van der Waals surface area contributed by atoms with E-state index >= 15 is 0 Å². The smallest absolute Gasteiger partial charge is 0.326 e. The number of hydrogen-bond donors (Lipinski definition) is 7. The Morgan fingerprint density at radius 3 is 2.19 bits per heavy atom. The van der Waals surface area contributed by atoms with Crippen LogP contribution in [0.25, 0.3) is 10.9 Å². The molecule has 3 aromatic rings. The van der Waals surface area contributed by atoms with E-state index in [1.807, 2.05) is 54.6 Å². The van der Waals surface area contributed by atoms with Crippen LogP contribution in [0.3, 0.4) is 0 Å². The lowest BCUT2D eigenvalue weighted by Gasteiger charge is -2.22. The van der Waals surface area contributed by atoms with Gasteiger partial charge in [0, 0.05) is 23.5 Å². The molecule has 1 aromatic heterocycles. The predicted octanol–water partition coefficient (Wildman–Crippen LogP) is -0.168. The molecule has 2 aromatic carbocycles. The summed E-state index contributed by atoms with van der Waals surface area (Å²) in [6.07, 6.45) is 1.95. The van der Waals surface area contributed by atoms with E-state index in [-0.39, 0.29) is 12.8 Å². The van der Waals surface area contributed by atoms with Crippen molar-refractivity contribution in [3.05, 3.63) is 71.9 Å². The van der Waals surface area contributed by atoms with Gasteiger partial charge in [-0.2, -0.15) is 0 Å². The van der Waals surface area contributed by atoms with Gasteiger partial charge in [0.2, 0.25) is 17.7 Å². The average molecular weight is 510 g/mol. The minimum atomic E-state index is -1.34. The number of aliphatic hydroxyl groups is 1. The van der Waals surface area contributed by atoms with Gasteiger partial charge in [0.1, 0.15) is 18.1 Å². The van der Waals surface area contributed by atoms with Crippen LogP contribution in [0.5, 0.6) is 0 Å². The molecule has 8 N–H and O–H groups in total. The van der Waals surface area contributed by atoms with Crippen LogP contribution in [0.4, 0.5) is 0 Å². The lowest BCUT2D eigenvalue weighted by Crippen LogP contribution is -2.57. The van der Waals surface area contributed by atoms with Crippen molar-refractivity contribution in [1.82, 2.24) is 20.9 Å². The molecule has 37 heavy (non-hydrogen) atoms. The first-order valence-corrected chi connectivity index (χ1v) is 11.8. The summed E-state index contributed by atoms with van der Waals surface area (Å²) in [7, 11) is 0. The van der Waals surface area contributed by atoms with Crippen molar-refractivity contribution in [2.45, 2.75) is 43.9 Å². The normalized spacial score (nSPS) is 14.2. The van der Waals surface area contributed by atoms with Crippen molar-refractivity contribution in [1.29, 1.82) is 0 Å². The highest BCUT2D eigenvalue weighted by atomic mass is 16.4. The van der Waals surface area contributed by atoms with Crippen LogP contribution in [0.1, 0.15) is 18.1 Å². The summed E-state index contributed by atoms with van der Waals surface area (Å²) in [5.41, 5.74) is 8.32. The Morgan fingerprint density at radius 1 is 0.865 bits per heavy atom.